The highest BCUT2D eigenvalue weighted by Crippen LogP contribution is 2.53. The Kier molecular flexibility index (Phi) is 5.51. The number of allylic oxidation sites excluding steroid dienone is 2. The summed E-state index contributed by atoms with van der Waals surface area (Å²) in [5, 5.41) is 4.54. The van der Waals surface area contributed by atoms with Crippen molar-refractivity contribution < 1.29 is 9.63 Å². The van der Waals surface area contributed by atoms with E-state index < -0.39 is 0 Å². The predicted molar refractivity (Wildman–Crippen MR) is 106 cm³/mol. The first-order chi connectivity index (χ1) is 12.9. The zero-order chi connectivity index (χ0) is 19.6. The first-order valence-electron chi connectivity index (χ1n) is 9.44. The zero-order valence-corrected chi connectivity index (χ0v) is 16.6. The summed E-state index contributed by atoms with van der Waals surface area (Å²) in [5.74, 6) is 1.90. The number of carbonyl (C=O) groups is 1. The van der Waals surface area contributed by atoms with Gasteiger partial charge in [0.1, 0.15) is 5.82 Å². The maximum Gasteiger partial charge on any atom is 0.254 e. The predicted octanol–water partition coefficient (Wildman–Crippen LogP) is 2.99. The molecule has 1 aromatic rings. The molecule has 0 aromatic carbocycles. The summed E-state index contributed by atoms with van der Waals surface area (Å²) in [5.41, 5.74) is 0.421. The van der Waals surface area contributed by atoms with E-state index in [9.17, 15) is 4.79 Å². The van der Waals surface area contributed by atoms with Gasteiger partial charge in [0.25, 0.3) is 5.91 Å². The highest BCUT2D eigenvalue weighted by Gasteiger charge is 2.61. The standard InChI is InChI=1S/C20H29N5O2/c1-6-14(2)7-8-15(3)22-17-9-10-21-19(23-17)25-13-20(11-16(25)12-20)18(26)24(4)27-5/h7-10,14,16H,3,6,11-13H2,1-2,4-5H3,(H,21,22,23)/b8-7+. The molecule has 1 saturated carbocycles. The number of anilines is 2. The fourth-order valence-corrected chi connectivity index (χ4v) is 3.72. The molecular formula is C20H29N5O2. The number of nitrogens with zero attached hydrogens (tertiary/aromatic N) is 4. The van der Waals surface area contributed by atoms with E-state index in [2.05, 4.69) is 46.7 Å². The number of rotatable bonds is 8. The van der Waals surface area contributed by atoms with Gasteiger partial charge in [0.05, 0.1) is 12.5 Å². The molecule has 7 nitrogen and oxygen atoms in total. The van der Waals surface area contributed by atoms with Crippen LogP contribution in [0.15, 0.2) is 36.7 Å². The SMILES string of the molecule is C=C(/C=C/C(C)CC)Nc1ccnc(N2CC3(C(=O)N(C)OC)CC2C3)n1. The van der Waals surface area contributed by atoms with Crippen molar-refractivity contribution in [3.8, 4) is 0 Å². The van der Waals surface area contributed by atoms with Gasteiger partial charge in [0.2, 0.25) is 5.95 Å². The number of amides is 1. The van der Waals surface area contributed by atoms with E-state index >= 15 is 0 Å². The molecule has 1 amide bonds. The Morgan fingerprint density at radius 2 is 2.33 bits per heavy atom. The van der Waals surface area contributed by atoms with Crippen molar-refractivity contribution in [3.63, 3.8) is 0 Å². The van der Waals surface area contributed by atoms with Gasteiger partial charge in [-0.15, -0.1) is 0 Å². The smallest absolute Gasteiger partial charge is 0.254 e. The average Bonchev–Trinajstić information content (AvgIpc) is 3.22. The number of hydrogen-bond donors (Lipinski definition) is 1. The third-order valence-electron chi connectivity index (χ3n) is 5.64. The molecule has 0 radical (unpaired) electrons. The number of aromatic nitrogens is 2. The van der Waals surface area contributed by atoms with Gasteiger partial charge in [-0.05, 0) is 30.9 Å². The normalized spacial score (nSPS) is 24.6. The average molecular weight is 371 g/mol. The molecule has 1 atom stereocenters. The molecular weight excluding hydrogens is 342 g/mol. The fourth-order valence-electron chi connectivity index (χ4n) is 3.72. The minimum atomic E-state index is -0.370. The molecule has 3 fully saturated rings. The van der Waals surface area contributed by atoms with Gasteiger partial charge in [-0.3, -0.25) is 9.63 Å². The Balaban J connectivity index is 1.66. The first kappa shape index (κ1) is 19.4. The summed E-state index contributed by atoms with van der Waals surface area (Å²) in [7, 11) is 3.17. The quantitative estimate of drug-likeness (QED) is 0.560. The van der Waals surface area contributed by atoms with Crippen LogP contribution in [0.5, 0.6) is 0 Å². The second kappa shape index (κ2) is 7.68. The molecule has 7 heteroatoms. The summed E-state index contributed by atoms with van der Waals surface area (Å²) >= 11 is 0. The molecule has 2 saturated heterocycles. The van der Waals surface area contributed by atoms with Crippen molar-refractivity contribution in [2.45, 2.75) is 39.2 Å². The lowest BCUT2D eigenvalue weighted by molar-refractivity contribution is -0.182. The van der Waals surface area contributed by atoms with Gasteiger partial charge >= 0.3 is 0 Å². The van der Waals surface area contributed by atoms with Crippen LogP contribution in [0.3, 0.4) is 0 Å². The van der Waals surface area contributed by atoms with Crippen LogP contribution in [0.2, 0.25) is 0 Å². The lowest BCUT2D eigenvalue weighted by Gasteiger charge is -2.37. The van der Waals surface area contributed by atoms with E-state index in [1.807, 2.05) is 12.1 Å². The fraction of sp³-hybridized carbons (Fsp3) is 0.550. The monoisotopic (exact) mass is 371 g/mol. The summed E-state index contributed by atoms with van der Waals surface area (Å²) in [6.45, 7) is 8.99. The van der Waals surface area contributed by atoms with Crippen molar-refractivity contribution in [1.82, 2.24) is 15.0 Å². The Bertz CT molecular complexity index is 742. The van der Waals surface area contributed by atoms with E-state index in [4.69, 9.17) is 4.84 Å². The highest BCUT2D eigenvalue weighted by atomic mass is 16.7. The maximum atomic E-state index is 12.6. The molecule has 1 aliphatic carbocycles. The van der Waals surface area contributed by atoms with Gasteiger partial charge in [0, 0.05) is 31.5 Å². The molecule has 1 aromatic heterocycles. The van der Waals surface area contributed by atoms with Crippen LogP contribution in [0, 0.1) is 11.3 Å². The molecule has 1 N–H and O–H groups in total. The van der Waals surface area contributed by atoms with Crippen molar-refractivity contribution >= 4 is 17.7 Å². The van der Waals surface area contributed by atoms with Crippen LogP contribution < -0.4 is 10.2 Å². The zero-order valence-electron chi connectivity index (χ0n) is 16.6. The molecule has 0 spiro atoms. The van der Waals surface area contributed by atoms with E-state index in [0.29, 0.717) is 30.3 Å². The van der Waals surface area contributed by atoms with Gasteiger partial charge in [-0.2, -0.15) is 4.98 Å². The molecule has 3 aliphatic rings. The van der Waals surface area contributed by atoms with Gasteiger partial charge < -0.3 is 10.2 Å². The topological polar surface area (TPSA) is 70.6 Å². The van der Waals surface area contributed by atoms with Gasteiger partial charge in [-0.1, -0.05) is 32.9 Å². The Morgan fingerprint density at radius 1 is 1.59 bits per heavy atom. The van der Waals surface area contributed by atoms with Crippen molar-refractivity contribution in [2.24, 2.45) is 11.3 Å². The second-order valence-electron chi connectivity index (χ2n) is 7.59. The minimum absolute atomic E-state index is 0.0292. The van der Waals surface area contributed by atoms with E-state index in [1.165, 1.54) is 12.2 Å². The summed E-state index contributed by atoms with van der Waals surface area (Å²) in [6.07, 6.45) is 8.60. The van der Waals surface area contributed by atoms with Crippen molar-refractivity contribution in [1.29, 1.82) is 0 Å². The number of carbonyl (C=O) groups excluding carboxylic acids is 1. The lowest BCUT2D eigenvalue weighted by Crippen LogP contribution is -2.47. The molecule has 2 aliphatic heterocycles. The van der Waals surface area contributed by atoms with Crippen LogP contribution in [0.25, 0.3) is 0 Å². The van der Waals surface area contributed by atoms with Crippen LogP contribution in [0.4, 0.5) is 11.8 Å². The molecule has 27 heavy (non-hydrogen) atoms. The molecule has 2 bridgehead atoms. The molecule has 4 rings (SSSR count). The number of hydrogen-bond acceptors (Lipinski definition) is 6. The van der Waals surface area contributed by atoms with Crippen LogP contribution >= 0.6 is 0 Å². The number of hydroxylamine groups is 2. The third-order valence-corrected chi connectivity index (χ3v) is 5.64. The number of fused-ring (bicyclic) bond motifs is 1. The van der Waals surface area contributed by atoms with Crippen LogP contribution in [0.1, 0.15) is 33.1 Å². The Labute approximate surface area is 161 Å². The van der Waals surface area contributed by atoms with Gasteiger partial charge in [0.15, 0.2) is 0 Å². The van der Waals surface area contributed by atoms with Crippen LogP contribution in [-0.4, -0.2) is 47.7 Å². The Morgan fingerprint density at radius 3 is 3.00 bits per heavy atom. The summed E-state index contributed by atoms with van der Waals surface area (Å²) in [6, 6.07) is 2.13. The van der Waals surface area contributed by atoms with Crippen LogP contribution in [-0.2, 0) is 9.63 Å². The van der Waals surface area contributed by atoms with E-state index in [0.717, 1.165) is 25.0 Å². The largest absolute Gasteiger partial charge is 0.341 e. The molecule has 1 unspecified atom stereocenters. The van der Waals surface area contributed by atoms with Gasteiger partial charge in [-0.25, -0.2) is 10.0 Å². The third kappa shape index (κ3) is 3.83. The summed E-state index contributed by atoms with van der Waals surface area (Å²) < 4.78 is 0. The van der Waals surface area contributed by atoms with E-state index in [-0.39, 0.29) is 11.3 Å². The second-order valence-corrected chi connectivity index (χ2v) is 7.59. The van der Waals surface area contributed by atoms with Crippen molar-refractivity contribution in [2.75, 3.05) is 30.9 Å². The minimum Gasteiger partial charge on any atom is -0.341 e. The maximum absolute atomic E-state index is 12.6. The Hall–Kier alpha value is -2.41. The lowest BCUT2D eigenvalue weighted by atomic mass is 9.69. The molecule has 3 heterocycles. The summed E-state index contributed by atoms with van der Waals surface area (Å²) in [4.78, 5) is 28.8. The van der Waals surface area contributed by atoms with Crippen molar-refractivity contribution in [3.05, 3.63) is 36.7 Å². The first-order valence-corrected chi connectivity index (χ1v) is 9.44. The highest BCUT2D eigenvalue weighted by molar-refractivity contribution is 5.85. The molecule has 146 valence electrons. The number of nitrogens with one attached hydrogen (secondary N) is 1. The van der Waals surface area contributed by atoms with E-state index in [1.54, 1.807) is 13.2 Å².